The van der Waals surface area contributed by atoms with Crippen LogP contribution in [0.4, 0.5) is 5.69 Å². The summed E-state index contributed by atoms with van der Waals surface area (Å²) in [6.45, 7) is 7.92. The monoisotopic (exact) mass is 453 g/mol. The molecule has 0 bridgehead atoms. The molecule has 0 amide bonds. The summed E-state index contributed by atoms with van der Waals surface area (Å²) >= 11 is 0. The molecule has 5 rings (SSSR count). The smallest absolute Gasteiger partial charge is 0.164 e. The van der Waals surface area contributed by atoms with E-state index < -0.39 is 0 Å². The predicted molar refractivity (Wildman–Crippen MR) is 135 cm³/mol. The zero-order valence-electron chi connectivity index (χ0n) is 20.0. The van der Waals surface area contributed by atoms with Gasteiger partial charge in [0, 0.05) is 53.5 Å². The van der Waals surface area contributed by atoms with Crippen LogP contribution in [0.15, 0.2) is 67.4 Å². The van der Waals surface area contributed by atoms with Gasteiger partial charge in [-0.05, 0) is 75.1 Å². The van der Waals surface area contributed by atoms with Crippen LogP contribution in [-0.2, 0) is 13.1 Å². The highest BCUT2D eigenvalue weighted by Gasteiger charge is 2.26. The number of hydrogen-bond donors (Lipinski definition) is 2. The molecular formula is C27H31N7. The van der Waals surface area contributed by atoms with Crippen LogP contribution in [-0.4, -0.2) is 30.3 Å². The predicted octanol–water partition coefficient (Wildman–Crippen LogP) is 5.24. The highest BCUT2D eigenvalue weighted by Crippen LogP contribution is 2.37. The van der Waals surface area contributed by atoms with E-state index in [1.54, 1.807) is 0 Å². The molecule has 1 aliphatic rings. The number of aromatic nitrogens is 5. The maximum Gasteiger partial charge on any atom is 0.164 e. The zero-order chi connectivity index (χ0) is 23.5. The minimum atomic E-state index is 0.0659. The third kappa shape index (κ3) is 5.48. The standard InChI is InChI=1S/C27H31N7/c1-27(2,3)31-15-19-11-22(16-28-14-19)20-9-10-29-24(12-20)17-30-23-6-4-5-21(13-23)26-33-32-18-34(26)25-7-8-25/h4-6,9-14,16,18,25,30-31H,7-8,15,17H2,1-3H3. The molecule has 7 nitrogen and oxygen atoms in total. The minimum absolute atomic E-state index is 0.0659. The average molecular weight is 454 g/mol. The first-order valence-corrected chi connectivity index (χ1v) is 11.8. The van der Waals surface area contributed by atoms with Crippen LogP contribution in [0, 0.1) is 0 Å². The van der Waals surface area contributed by atoms with Crippen molar-refractivity contribution in [2.45, 2.75) is 58.3 Å². The van der Waals surface area contributed by atoms with Crippen LogP contribution in [0.1, 0.15) is 50.9 Å². The fraction of sp³-hybridized carbons (Fsp3) is 0.333. The van der Waals surface area contributed by atoms with Gasteiger partial charge in [-0.2, -0.15) is 0 Å². The Morgan fingerprint density at radius 1 is 0.971 bits per heavy atom. The SMILES string of the molecule is CC(C)(C)NCc1cncc(-c2ccnc(CNc3cccc(-c4nncn4C4CC4)c3)c2)c1. The van der Waals surface area contributed by atoms with Gasteiger partial charge >= 0.3 is 0 Å². The van der Waals surface area contributed by atoms with E-state index in [0.29, 0.717) is 12.6 Å². The summed E-state index contributed by atoms with van der Waals surface area (Å²) in [4.78, 5) is 9.02. The van der Waals surface area contributed by atoms with Crippen molar-refractivity contribution >= 4 is 5.69 Å². The molecule has 0 saturated heterocycles. The second kappa shape index (κ2) is 9.35. The van der Waals surface area contributed by atoms with Gasteiger partial charge in [0.15, 0.2) is 5.82 Å². The summed E-state index contributed by atoms with van der Waals surface area (Å²) in [5.74, 6) is 0.930. The lowest BCUT2D eigenvalue weighted by atomic mass is 10.0. The van der Waals surface area contributed by atoms with Crippen molar-refractivity contribution in [1.29, 1.82) is 0 Å². The number of rotatable bonds is 8. The summed E-state index contributed by atoms with van der Waals surface area (Å²) < 4.78 is 2.18. The molecule has 0 spiro atoms. The van der Waals surface area contributed by atoms with Gasteiger partial charge in [-0.25, -0.2) is 0 Å². The van der Waals surface area contributed by atoms with Crippen molar-refractivity contribution in [3.8, 4) is 22.5 Å². The molecule has 1 saturated carbocycles. The van der Waals surface area contributed by atoms with Crippen LogP contribution < -0.4 is 10.6 Å². The number of benzene rings is 1. The van der Waals surface area contributed by atoms with E-state index in [1.807, 2.05) is 31.0 Å². The highest BCUT2D eigenvalue weighted by atomic mass is 15.3. The van der Waals surface area contributed by atoms with Crippen molar-refractivity contribution in [2.24, 2.45) is 0 Å². The van der Waals surface area contributed by atoms with E-state index in [1.165, 1.54) is 18.4 Å². The van der Waals surface area contributed by atoms with Crippen LogP contribution in [0.5, 0.6) is 0 Å². The molecule has 7 heteroatoms. The molecule has 0 unspecified atom stereocenters. The van der Waals surface area contributed by atoms with Crippen LogP contribution in [0.3, 0.4) is 0 Å². The Bertz CT molecular complexity index is 1270. The minimum Gasteiger partial charge on any atom is -0.379 e. The molecule has 34 heavy (non-hydrogen) atoms. The summed E-state index contributed by atoms with van der Waals surface area (Å²) in [5.41, 5.74) is 6.52. The summed E-state index contributed by atoms with van der Waals surface area (Å²) in [7, 11) is 0. The zero-order valence-corrected chi connectivity index (χ0v) is 20.0. The molecule has 4 aromatic rings. The lowest BCUT2D eigenvalue weighted by molar-refractivity contribution is 0.424. The van der Waals surface area contributed by atoms with Crippen molar-refractivity contribution < 1.29 is 0 Å². The molecule has 3 heterocycles. The lowest BCUT2D eigenvalue weighted by Gasteiger charge is -2.20. The van der Waals surface area contributed by atoms with E-state index in [9.17, 15) is 0 Å². The average Bonchev–Trinajstić information content (AvgIpc) is 3.57. The topological polar surface area (TPSA) is 80.6 Å². The van der Waals surface area contributed by atoms with Gasteiger partial charge in [0.2, 0.25) is 0 Å². The number of nitrogens with zero attached hydrogens (tertiary/aromatic N) is 5. The number of hydrogen-bond acceptors (Lipinski definition) is 6. The number of pyridine rings is 2. The van der Waals surface area contributed by atoms with Gasteiger partial charge in [-0.1, -0.05) is 12.1 Å². The maximum absolute atomic E-state index is 4.57. The Balaban J connectivity index is 1.28. The Morgan fingerprint density at radius 3 is 2.68 bits per heavy atom. The number of anilines is 1. The van der Waals surface area contributed by atoms with E-state index in [-0.39, 0.29) is 5.54 Å². The van der Waals surface area contributed by atoms with Gasteiger partial charge in [0.05, 0.1) is 12.2 Å². The second-order valence-electron chi connectivity index (χ2n) is 9.95. The molecule has 0 atom stereocenters. The molecule has 1 fully saturated rings. The number of nitrogens with one attached hydrogen (secondary N) is 2. The molecule has 3 aromatic heterocycles. The molecule has 0 radical (unpaired) electrons. The van der Waals surface area contributed by atoms with E-state index in [2.05, 4.69) is 92.5 Å². The molecule has 174 valence electrons. The third-order valence-corrected chi connectivity index (χ3v) is 5.88. The van der Waals surface area contributed by atoms with Gasteiger partial charge in [0.1, 0.15) is 6.33 Å². The van der Waals surface area contributed by atoms with Gasteiger partial charge in [-0.3, -0.25) is 9.97 Å². The first-order chi connectivity index (χ1) is 16.4. The summed E-state index contributed by atoms with van der Waals surface area (Å²) in [5, 5.41) is 15.5. The van der Waals surface area contributed by atoms with Gasteiger partial charge in [0.25, 0.3) is 0 Å². The van der Waals surface area contributed by atoms with E-state index in [4.69, 9.17) is 0 Å². The highest BCUT2D eigenvalue weighted by molar-refractivity contribution is 5.64. The normalized spacial score (nSPS) is 13.7. The molecular weight excluding hydrogens is 422 g/mol. The maximum atomic E-state index is 4.57. The molecule has 1 aromatic carbocycles. The third-order valence-electron chi connectivity index (χ3n) is 5.88. The molecule has 1 aliphatic carbocycles. The molecule has 2 N–H and O–H groups in total. The van der Waals surface area contributed by atoms with E-state index >= 15 is 0 Å². The van der Waals surface area contributed by atoms with Crippen molar-refractivity contribution in [3.05, 3.63) is 78.6 Å². The Hall–Kier alpha value is -3.58. The summed E-state index contributed by atoms with van der Waals surface area (Å²) in [6, 6.07) is 15.2. The quantitative estimate of drug-likeness (QED) is 0.380. The fourth-order valence-corrected chi connectivity index (χ4v) is 3.89. The van der Waals surface area contributed by atoms with E-state index in [0.717, 1.165) is 40.4 Å². The van der Waals surface area contributed by atoms with Crippen molar-refractivity contribution in [3.63, 3.8) is 0 Å². The largest absolute Gasteiger partial charge is 0.379 e. The molecule has 0 aliphatic heterocycles. The van der Waals surface area contributed by atoms with Crippen LogP contribution in [0.2, 0.25) is 0 Å². The van der Waals surface area contributed by atoms with Gasteiger partial charge in [-0.15, -0.1) is 10.2 Å². The Labute approximate surface area is 200 Å². The van der Waals surface area contributed by atoms with Crippen molar-refractivity contribution in [2.75, 3.05) is 5.32 Å². The van der Waals surface area contributed by atoms with Crippen molar-refractivity contribution in [1.82, 2.24) is 30.0 Å². The first-order valence-electron chi connectivity index (χ1n) is 11.8. The Morgan fingerprint density at radius 2 is 1.85 bits per heavy atom. The fourth-order valence-electron chi connectivity index (χ4n) is 3.89. The van der Waals surface area contributed by atoms with Crippen LogP contribution >= 0.6 is 0 Å². The van der Waals surface area contributed by atoms with Gasteiger partial charge < -0.3 is 15.2 Å². The van der Waals surface area contributed by atoms with Crippen LogP contribution in [0.25, 0.3) is 22.5 Å². The second-order valence-corrected chi connectivity index (χ2v) is 9.95. The summed E-state index contributed by atoms with van der Waals surface area (Å²) in [6.07, 6.45) is 9.94. The Kier molecular flexibility index (Phi) is 6.11. The lowest BCUT2D eigenvalue weighted by Crippen LogP contribution is -2.35. The first kappa shape index (κ1) is 22.2.